The van der Waals surface area contributed by atoms with Crippen LogP contribution in [0.4, 0.5) is 0 Å². The van der Waals surface area contributed by atoms with Crippen molar-refractivity contribution in [2.45, 2.75) is 6.55 Å². The molecular weight excluding hydrogens is 128 g/mol. The van der Waals surface area contributed by atoms with Crippen molar-refractivity contribution >= 4 is 22.2 Å². The average Bonchev–Trinajstić information content (AvgIpc) is 1.68. The van der Waals surface area contributed by atoms with Gasteiger partial charge in [-0.2, -0.15) is 0 Å². The van der Waals surface area contributed by atoms with Gasteiger partial charge < -0.3 is 8.85 Å². The molecule has 1 radical (unpaired) electrons. The van der Waals surface area contributed by atoms with Crippen molar-refractivity contribution < 1.29 is 18.4 Å². The van der Waals surface area contributed by atoms with E-state index in [0.717, 1.165) is 0 Å². The molecule has 0 N–H and O–H groups in total. The summed E-state index contributed by atoms with van der Waals surface area (Å²) in [4.78, 5) is 19.0. The second kappa shape index (κ2) is 4.32. The van der Waals surface area contributed by atoms with Gasteiger partial charge in [0.2, 0.25) is 0 Å². The monoisotopic (exact) mass is 133 g/mol. The lowest BCUT2D eigenvalue weighted by Crippen LogP contribution is -2.16. The molecule has 4 nitrogen and oxygen atoms in total. The second-order valence-electron chi connectivity index (χ2n) is 0.920. The average molecular weight is 133 g/mol. The molecule has 8 heavy (non-hydrogen) atoms. The third-order valence-electron chi connectivity index (χ3n) is 0.428. The zero-order valence-corrected chi connectivity index (χ0v) is 5.29. The van der Waals surface area contributed by atoms with Crippen LogP contribution < -0.4 is 0 Å². The highest BCUT2D eigenvalue weighted by Crippen LogP contribution is 1.79. The summed E-state index contributed by atoms with van der Waals surface area (Å²) >= 11 is 0. The Bertz CT molecular complexity index is 73.4. The van der Waals surface area contributed by atoms with Crippen molar-refractivity contribution in [3.05, 3.63) is 0 Å². The summed E-state index contributed by atoms with van der Waals surface area (Å²) < 4.78 is 8.50. The number of hydrogen-bond acceptors (Lipinski definition) is 4. The van der Waals surface area contributed by atoms with Crippen molar-refractivity contribution in [2.75, 3.05) is 0 Å². The Morgan fingerprint density at radius 2 is 1.62 bits per heavy atom. The maximum Gasteiger partial charge on any atom is 0.532 e. The van der Waals surface area contributed by atoms with Crippen molar-refractivity contribution in [1.82, 2.24) is 0 Å². The minimum Gasteiger partial charge on any atom is -0.485 e. The van der Waals surface area contributed by atoms with Crippen LogP contribution in [0.2, 0.25) is 6.55 Å². The van der Waals surface area contributed by atoms with E-state index in [0.29, 0.717) is 0 Å². The Hall–Kier alpha value is -0.843. The highest BCUT2D eigenvalue weighted by Gasteiger charge is 2.07. The fourth-order valence-electron chi connectivity index (χ4n) is 0.163. The number of hydrogen-bond donors (Lipinski definition) is 0. The first-order valence-corrected chi connectivity index (χ1v) is 3.67. The van der Waals surface area contributed by atoms with Crippen LogP contribution in [0.5, 0.6) is 0 Å². The molecule has 0 heterocycles. The van der Waals surface area contributed by atoms with Crippen molar-refractivity contribution in [1.29, 1.82) is 0 Å². The highest BCUT2D eigenvalue weighted by molar-refractivity contribution is 6.45. The molecule has 0 saturated carbocycles. The molecule has 0 amide bonds. The fourth-order valence-corrected chi connectivity index (χ4v) is 0.490. The maximum absolute atomic E-state index is 9.50. The van der Waals surface area contributed by atoms with Crippen LogP contribution in [0.15, 0.2) is 0 Å². The van der Waals surface area contributed by atoms with Gasteiger partial charge in [-0.3, -0.25) is 9.59 Å². The normalized spacial score (nSPS) is 8.25. The summed E-state index contributed by atoms with van der Waals surface area (Å²) in [6, 6.07) is 0. The summed E-state index contributed by atoms with van der Waals surface area (Å²) in [5, 5.41) is 0. The van der Waals surface area contributed by atoms with Gasteiger partial charge >= 0.3 is 9.28 Å². The van der Waals surface area contributed by atoms with Crippen LogP contribution >= 0.6 is 0 Å². The molecule has 0 aromatic heterocycles. The Balaban J connectivity index is 3.16. The zero-order chi connectivity index (χ0) is 6.41. The first-order chi connectivity index (χ1) is 3.81. The van der Waals surface area contributed by atoms with Crippen LogP contribution in [0.3, 0.4) is 0 Å². The molecule has 45 valence electrons. The van der Waals surface area contributed by atoms with E-state index >= 15 is 0 Å². The van der Waals surface area contributed by atoms with E-state index in [1.807, 2.05) is 0 Å². The molecule has 0 aromatic rings. The van der Waals surface area contributed by atoms with Gasteiger partial charge in [0.15, 0.2) is 0 Å². The molecule has 0 atom stereocenters. The third-order valence-corrected chi connectivity index (χ3v) is 1.28. The van der Waals surface area contributed by atoms with Crippen LogP contribution in [0.1, 0.15) is 0 Å². The zero-order valence-electron chi connectivity index (χ0n) is 4.29. The van der Waals surface area contributed by atoms with Gasteiger partial charge in [-0.1, -0.05) is 0 Å². The van der Waals surface area contributed by atoms with Crippen LogP contribution in [0.25, 0.3) is 0 Å². The Kier molecular flexibility index (Phi) is 3.86. The largest absolute Gasteiger partial charge is 0.532 e. The molecule has 0 spiro atoms. The van der Waals surface area contributed by atoms with Gasteiger partial charge in [-0.15, -0.1) is 0 Å². The summed E-state index contributed by atoms with van der Waals surface area (Å²) in [7, 11) is -1.63. The molecule has 0 aliphatic rings. The van der Waals surface area contributed by atoms with E-state index in [2.05, 4.69) is 8.85 Å². The molecule has 5 heteroatoms. The first kappa shape index (κ1) is 7.16. The van der Waals surface area contributed by atoms with E-state index < -0.39 is 9.28 Å². The SMILES string of the molecule is C[Si](OC=O)OC=O. The lowest BCUT2D eigenvalue weighted by molar-refractivity contribution is -0.125. The first-order valence-electron chi connectivity index (χ1n) is 1.85. The molecule has 0 aliphatic heterocycles. The van der Waals surface area contributed by atoms with Crippen LogP contribution in [-0.4, -0.2) is 22.2 Å². The van der Waals surface area contributed by atoms with Gasteiger partial charge in [0.05, 0.1) is 0 Å². The fraction of sp³-hybridized carbons (Fsp3) is 0.333. The second-order valence-corrected chi connectivity index (χ2v) is 2.37. The molecule has 0 rings (SSSR count). The number of carbonyl (C=O) groups is 2. The predicted octanol–water partition coefficient (Wildman–Crippen LogP) is -0.550. The number of rotatable bonds is 4. The van der Waals surface area contributed by atoms with Crippen molar-refractivity contribution in [3.63, 3.8) is 0 Å². The van der Waals surface area contributed by atoms with E-state index in [4.69, 9.17) is 0 Å². The van der Waals surface area contributed by atoms with Gasteiger partial charge in [0, 0.05) is 6.55 Å². The lowest BCUT2D eigenvalue weighted by Gasteiger charge is -1.98. The minimum atomic E-state index is -1.63. The van der Waals surface area contributed by atoms with Crippen molar-refractivity contribution in [2.24, 2.45) is 0 Å². The summed E-state index contributed by atoms with van der Waals surface area (Å²) in [5.74, 6) is 0. The van der Waals surface area contributed by atoms with Gasteiger partial charge in [0.25, 0.3) is 12.9 Å². The Morgan fingerprint density at radius 3 is 1.88 bits per heavy atom. The predicted molar refractivity (Wildman–Crippen MR) is 25.9 cm³/mol. The summed E-state index contributed by atoms with van der Waals surface area (Å²) in [6.45, 7) is 2.06. The number of carbonyl (C=O) groups excluding carboxylic acids is 2. The summed E-state index contributed by atoms with van der Waals surface area (Å²) in [5.41, 5.74) is 0. The molecule has 0 fully saturated rings. The van der Waals surface area contributed by atoms with Gasteiger partial charge in [-0.05, 0) is 0 Å². The van der Waals surface area contributed by atoms with E-state index in [9.17, 15) is 9.59 Å². The molecule has 0 bridgehead atoms. The Morgan fingerprint density at radius 1 is 1.25 bits per heavy atom. The van der Waals surface area contributed by atoms with E-state index in [1.165, 1.54) is 6.55 Å². The molecular formula is C3H5O4Si. The molecule has 0 aliphatic carbocycles. The lowest BCUT2D eigenvalue weighted by atomic mass is 11.7. The molecule has 0 saturated heterocycles. The van der Waals surface area contributed by atoms with Crippen molar-refractivity contribution in [3.8, 4) is 0 Å². The van der Waals surface area contributed by atoms with Gasteiger partial charge in [-0.25, -0.2) is 0 Å². The van der Waals surface area contributed by atoms with E-state index in [-0.39, 0.29) is 12.9 Å². The summed E-state index contributed by atoms with van der Waals surface area (Å²) in [6.07, 6.45) is 0. The maximum atomic E-state index is 9.50. The standard InChI is InChI=1S/C3H5O4Si/c1-8(6-2-4)7-3-5/h2-3H,1H3. The van der Waals surface area contributed by atoms with Crippen LogP contribution in [-0.2, 0) is 18.4 Å². The van der Waals surface area contributed by atoms with Gasteiger partial charge in [0.1, 0.15) is 0 Å². The smallest absolute Gasteiger partial charge is 0.485 e. The van der Waals surface area contributed by atoms with Crippen LogP contribution in [0, 0.1) is 0 Å². The highest BCUT2D eigenvalue weighted by atomic mass is 28.3. The Labute approximate surface area is 48.2 Å². The molecule has 0 aromatic carbocycles. The topological polar surface area (TPSA) is 52.6 Å². The van der Waals surface area contributed by atoms with E-state index in [1.54, 1.807) is 0 Å². The minimum absolute atomic E-state index is 0.262. The molecule has 0 unspecified atom stereocenters. The quantitative estimate of drug-likeness (QED) is 0.381. The third kappa shape index (κ3) is 3.35.